The fourth-order valence-corrected chi connectivity index (χ4v) is 3.22. The summed E-state index contributed by atoms with van der Waals surface area (Å²) in [6.07, 6.45) is 0. The Morgan fingerprint density at radius 2 is 0.828 bits per heavy atom. The largest absolute Gasteiger partial charge is 0.306 e. The Morgan fingerprint density at radius 3 is 1.17 bits per heavy atom. The van der Waals surface area contributed by atoms with Crippen molar-refractivity contribution in [2.24, 2.45) is 5.84 Å². The second-order valence-corrected chi connectivity index (χ2v) is 8.03. The van der Waals surface area contributed by atoms with Gasteiger partial charge in [-0.15, -0.1) is 0 Å². The molecule has 0 saturated carbocycles. The van der Waals surface area contributed by atoms with Crippen molar-refractivity contribution in [3.63, 3.8) is 0 Å². The molecule has 29 heavy (non-hydrogen) atoms. The summed E-state index contributed by atoms with van der Waals surface area (Å²) in [5.41, 5.74) is 4.60. The summed E-state index contributed by atoms with van der Waals surface area (Å²) in [6, 6.07) is 6.38. The number of nitrogens with two attached hydrogens (primary N) is 1. The summed E-state index contributed by atoms with van der Waals surface area (Å²) >= 11 is 40.5. The number of nitrogens with one attached hydrogen (secondary N) is 1. The van der Waals surface area contributed by atoms with Gasteiger partial charge in [0.15, 0.2) is 21.3 Å². The van der Waals surface area contributed by atoms with Crippen LogP contribution in [0.15, 0.2) is 24.3 Å². The molecule has 0 aliphatic rings. The molecule has 0 unspecified atom stereocenters. The zero-order valence-corrected chi connectivity index (χ0v) is 19.1. The number of nitrogens with zero attached hydrogens (tertiary/aromatic N) is 4. The molecule has 3 N–H and O–H groups in total. The van der Waals surface area contributed by atoms with Crippen LogP contribution in [0, 0.1) is 0 Å². The molecule has 0 saturated heterocycles. The van der Waals surface area contributed by atoms with Crippen molar-refractivity contribution < 1.29 is 0 Å². The van der Waals surface area contributed by atoms with E-state index < -0.39 is 0 Å². The second-order valence-electron chi connectivity index (χ2n) is 5.32. The standard InChI is InChI=1S/C8H2Cl4N2.C8H5Cl3N4/c9-3-1-5-6(2-4(3)10)14-8(12)7(11)13-5;9-3-1-5-6(2-4(3)10)14-8(15-12)7(11)13-5/h1-2H;1-2H,12H2,(H,14,15). The molecule has 0 spiro atoms. The summed E-state index contributed by atoms with van der Waals surface area (Å²) in [5, 5.41) is 2.11. The molecule has 2 heterocycles. The van der Waals surface area contributed by atoms with Crippen molar-refractivity contribution in [2.45, 2.75) is 0 Å². The van der Waals surface area contributed by atoms with Gasteiger partial charge >= 0.3 is 0 Å². The molecule has 0 radical (unpaired) electrons. The Hall–Kier alpha value is -1.09. The summed E-state index contributed by atoms with van der Waals surface area (Å²) < 4.78 is 0. The molecule has 6 nitrogen and oxygen atoms in total. The highest BCUT2D eigenvalue weighted by Crippen LogP contribution is 2.29. The maximum absolute atomic E-state index is 5.84. The first-order valence-corrected chi connectivity index (χ1v) is 10.1. The van der Waals surface area contributed by atoms with Crippen molar-refractivity contribution >= 4 is 109 Å². The lowest BCUT2D eigenvalue weighted by Crippen LogP contribution is -2.09. The SMILES string of the molecule is Clc1cc2nc(Cl)c(Cl)nc2cc1Cl.NNc1nc2cc(Cl)c(Cl)cc2nc1Cl. The predicted octanol–water partition coefficient (Wildman–Crippen LogP) is 7.12. The first kappa shape index (κ1) is 22.6. The van der Waals surface area contributed by atoms with E-state index in [1.54, 1.807) is 24.3 Å². The van der Waals surface area contributed by atoms with Crippen LogP contribution < -0.4 is 11.3 Å². The normalized spacial score (nSPS) is 10.8. The van der Waals surface area contributed by atoms with Gasteiger partial charge in [0.25, 0.3) is 0 Å². The number of anilines is 1. The number of benzene rings is 2. The third-order valence-corrected chi connectivity index (χ3v) is 5.76. The molecule has 2 aromatic carbocycles. The Bertz CT molecular complexity index is 1140. The third-order valence-electron chi connectivity index (χ3n) is 3.43. The van der Waals surface area contributed by atoms with Gasteiger partial charge in [0.05, 0.1) is 42.2 Å². The smallest absolute Gasteiger partial charge is 0.178 e. The Balaban J connectivity index is 0.000000166. The molecule has 150 valence electrons. The number of fused-ring (bicyclic) bond motifs is 2. The average Bonchev–Trinajstić information content (AvgIpc) is 2.66. The van der Waals surface area contributed by atoms with Crippen molar-refractivity contribution in [3.05, 3.63) is 59.8 Å². The first-order chi connectivity index (χ1) is 13.7. The molecule has 13 heteroatoms. The zero-order chi connectivity index (χ0) is 21.3. The third kappa shape index (κ3) is 5.16. The lowest BCUT2D eigenvalue weighted by Gasteiger charge is -2.04. The lowest BCUT2D eigenvalue weighted by atomic mass is 10.3. The molecule has 0 amide bonds. The van der Waals surface area contributed by atoms with E-state index in [1.807, 2.05) is 0 Å². The summed E-state index contributed by atoms with van der Waals surface area (Å²) in [4.78, 5) is 16.2. The van der Waals surface area contributed by atoms with Crippen molar-refractivity contribution in [2.75, 3.05) is 5.43 Å². The molecule has 4 aromatic rings. The zero-order valence-electron chi connectivity index (χ0n) is 13.8. The van der Waals surface area contributed by atoms with Crippen LogP contribution in [0.25, 0.3) is 22.1 Å². The van der Waals surface area contributed by atoms with E-state index >= 15 is 0 Å². The number of rotatable bonds is 1. The fraction of sp³-hybridized carbons (Fsp3) is 0. The van der Waals surface area contributed by atoms with E-state index in [9.17, 15) is 0 Å². The van der Waals surface area contributed by atoms with Crippen LogP contribution in [0.3, 0.4) is 0 Å². The predicted molar refractivity (Wildman–Crippen MR) is 122 cm³/mol. The van der Waals surface area contributed by atoms with Crippen molar-refractivity contribution in [3.8, 4) is 0 Å². The number of aromatic nitrogens is 4. The van der Waals surface area contributed by atoms with Crippen LogP contribution in [0.5, 0.6) is 0 Å². The van der Waals surface area contributed by atoms with Crippen LogP contribution >= 0.6 is 81.2 Å². The van der Waals surface area contributed by atoms with Crippen LogP contribution in [-0.4, -0.2) is 19.9 Å². The van der Waals surface area contributed by atoms with Gasteiger partial charge in [0, 0.05) is 0 Å². The van der Waals surface area contributed by atoms with Crippen molar-refractivity contribution in [1.82, 2.24) is 19.9 Å². The van der Waals surface area contributed by atoms with Gasteiger partial charge < -0.3 is 5.43 Å². The van der Waals surface area contributed by atoms with E-state index in [0.29, 0.717) is 48.0 Å². The molecule has 0 aliphatic heterocycles. The summed E-state index contributed by atoms with van der Waals surface area (Å²) in [5.74, 6) is 5.51. The molecule has 0 atom stereocenters. The molecular weight excluding hydrogens is 524 g/mol. The number of halogens is 7. The van der Waals surface area contributed by atoms with E-state index in [4.69, 9.17) is 87.0 Å². The van der Waals surface area contributed by atoms with Crippen LogP contribution in [0.1, 0.15) is 0 Å². The minimum Gasteiger partial charge on any atom is -0.306 e. The fourth-order valence-electron chi connectivity index (χ4n) is 2.13. The van der Waals surface area contributed by atoms with Gasteiger partial charge in [-0.25, -0.2) is 25.8 Å². The van der Waals surface area contributed by atoms with Gasteiger partial charge in [-0.1, -0.05) is 81.2 Å². The second kappa shape index (κ2) is 9.37. The van der Waals surface area contributed by atoms with Crippen molar-refractivity contribution in [1.29, 1.82) is 0 Å². The number of hydrogen-bond acceptors (Lipinski definition) is 6. The number of hydrazine groups is 1. The minimum atomic E-state index is 0.151. The summed E-state index contributed by atoms with van der Waals surface area (Å²) in [6.45, 7) is 0. The topological polar surface area (TPSA) is 89.6 Å². The Morgan fingerprint density at radius 1 is 0.517 bits per heavy atom. The van der Waals surface area contributed by atoms with Crippen LogP contribution in [-0.2, 0) is 0 Å². The maximum atomic E-state index is 5.84. The number of hydrogen-bond donors (Lipinski definition) is 2. The van der Waals surface area contributed by atoms with Gasteiger partial charge in [-0.05, 0) is 24.3 Å². The average molecular weight is 531 g/mol. The molecular formula is C16H7Cl7N6. The lowest BCUT2D eigenvalue weighted by molar-refractivity contribution is 1.22. The first-order valence-electron chi connectivity index (χ1n) is 7.46. The Labute approximate surface area is 199 Å². The van der Waals surface area contributed by atoms with Crippen LogP contribution in [0.2, 0.25) is 35.5 Å². The maximum Gasteiger partial charge on any atom is 0.178 e. The quantitative estimate of drug-likeness (QED) is 0.201. The van der Waals surface area contributed by atoms with Gasteiger partial charge in [0.1, 0.15) is 0 Å². The number of nitrogen functional groups attached to an aromatic ring is 1. The highest BCUT2D eigenvalue weighted by molar-refractivity contribution is 6.43. The molecule has 0 aliphatic carbocycles. The molecule has 4 rings (SSSR count). The van der Waals surface area contributed by atoms with E-state index in [1.165, 1.54) is 0 Å². The van der Waals surface area contributed by atoms with Crippen LogP contribution in [0.4, 0.5) is 5.82 Å². The van der Waals surface area contributed by atoms with E-state index in [-0.39, 0.29) is 15.5 Å². The van der Waals surface area contributed by atoms with Gasteiger partial charge in [-0.3, -0.25) is 0 Å². The van der Waals surface area contributed by atoms with E-state index in [0.717, 1.165) is 0 Å². The molecule has 0 fully saturated rings. The van der Waals surface area contributed by atoms with E-state index in [2.05, 4.69) is 25.4 Å². The van der Waals surface area contributed by atoms with Gasteiger partial charge in [0.2, 0.25) is 0 Å². The Kier molecular flexibility index (Phi) is 7.30. The van der Waals surface area contributed by atoms with Gasteiger partial charge in [-0.2, -0.15) is 0 Å². The molecule has 2 aromatic heterocycles. The highest BCUT2D eigenvalue weighted by Gasteiger charge is 2.09. The monoisotopic (exact) mass is 528 g/mol. The summed E-state index contributed by atoms with van der Waals surface area (Å²) in [7, 11) is 0. The highest BCUT2D eigenvalue weighted by atomic mass is 35.5. The minimum absolute atomic E-state index is 0.151. The molecule has 0 bridgehead atoms.